The minimum absolute atomic E-state index is 0.103. The van der Waals surface area contributed by atoms with Gasteiger partial charge in [0, 0.05) is 17.2 Å². The van der Waals surface area contributed by atoms with Gasteiger partial charge in [-0.25, -0.2) is 4.57 Å². The molecule has 0 atom stereocenters. The van der Waals surface area contributed by atoms with Gasteiger partial charge in [-0.1, -0.05) is 35.4 Å². The number of aryl methyl sites for hydroxylation is 2. The molecule has 1 aromatic heterocycles. The summed E-state index contributed by atoms with van der Waals surface area (Å²) >= 11 is 0.947. The zero-order chi connectivity index (χ0) is 14.8. The van der Waals surface area contributed by atoms with Crippen LogP contribution in [0.25, 0.3) is 5.69 Å². The van der Waals surface area contributed by atoms with Crippen LogP contribution in [0.4, 0.5) is 11.6 Å². The van der Waals surface area contributed by atoms with E-state index in [-0.39, 0.29) is 4.87 Å². The van der Waals surface area contributed by atoms with Crippen molar-refractivity contribution in [2.75, 3.05) is 5.32 Å². The maximum atomic E-state index is 12.0. The van der Waals surface area contributed by atoms with Crippen LogP contribution in [0.3, 0.4) is 0 Å². The second-order valence-electron chi connectivity index (χ2n) is 4.93. The van der Waals surface area contributed by atoms with Crippen molar-refractivity contribution in [1.29, 1.82) is 0 Å². The monoisotopic (exact) mass is 297 g/mol. The Bertz CT molecular complexity index is 801. The second-order valence-corrected chi connectivity index (χ2v) is 5.65. The summed E-state index contributed by atoms with van der Waals surface area (Å²) < 4.78 is 5.80. The zero-order valence-electron chi connectivity index (χ0n) is 11.8. The van der Waals surface area contributed by atoms with Crippen LogP contribution in [0, 0.1) is 13.8 Å². The lowest BCUT2D eigenvalue weighted by atomic mass is 10.2. The van der Waals surface area contributed by atoms with Crippen LogP contribution in [-0.2, 0) is 0 Å². The summed E-state index contributed by atoms with van der Waals surface area (Å²) in [4.78, 5) is 11.9. The van der Waals surface area contributed by atoms with Crippen LogP contribution in [-0.4, -0.2) is 8.94 Å². The normalized spacial score (nSPS) is 10.6. The van der Waals surface area contributed by atoms with Crippen molar-refractivity contribution in [3.05, 3.63) is 69.3 Å². The highest BCUT2D eigenvalue weighted by atomic mass is 32.1. The van der Waals surface area contributed by atoms with Gasteiger partial charge in [0.25, 0.3) is 0 Å². The smallest absolute Gasteiger partial charge is 0.324 e. The Hall–Kier alpha value is -2.40. The highest BCUT2D eigenvalue weighted by molar-refractivity contribution is 7.03. The lowest BCUT2D eigenvalue weighted by Gasteiger charge is -2.09. The Labute approximate surface area is 126 Å². The molecule has 0 amide bonds. The van der Waals surface area contributed by atoms with Crippen molar-refractivity contribution in [2.24, 2.45) is 0 Å². The summed E-state index contributed by atoms with van der Waals surface area (Å²) in [5.74, 6) is 0.540. The Morgan fingerprint density at radius 3 is 2.14 bits per heavy atom. The fourth-order valence-electron chi connectivity index (χ4n) is 2.02. The van der Waals surface area contributed by atoms with Crippen LogP contribution in [0.5, 0.6) is 0 Å². The van der Waals surface area contributed by atoms with Gasteiger partial charge in [-0.15, -0.1) is 0 Å². The number of anilines is 2. The van der Waals surface area contributed by atoms with Gasteiger partial charge in [-0.2, -0.15) is 4.37 Å². The molecule has 2 aromatic carbocycles. The van der Waals surface area contributed by atoms with Crippen molar-refractivity contribution in [3.63, 3.8) is 0 Å². The number of aromatic nitrogens is 2. The molecule has 1 heterocycles. The van der Waals surface area contributed by atoms with E-state index in [2.05, 4.69) is 9.69 Å². The quantitative estimate of drug-likeness (QED) is 0.802. The van der Waals surface area contributed by atoms with E-state index in [1.807, 2.05) is 62.4 Å². The minimum Gasteiger partial charge on any atom is -0.324 e. The molecule has 5 heteroatoms. The molecule has 0 bridgehead atoms. The van der Waals surface area contributed by atoms with Crippen LogP contribution in [0.1, 0.15) is 11.1 Å². The third-order valence-electron chi connectivity index (χ3n) is 3.20. The average molecular weight is 297 g/mol. The summed E-state index contributed by atoms with van der Waals surface area (Å²) in [5, 5.41) is 3.20. The van der Waals surface area contributed by atoms with E-state index in [0.717, 1.165) is 28.5 Å². The molecule has 4 nitrogen and oxygen atoms in total. The fourth-order valence-corrected chi connectivity index (χ4v) is 2.58. The van der Waals surface area contributed by atoms with E-state index >= 15 is 0 Å². The number of benzene rings is 2. The maximum Gasteiger partial charge on any atom is 0.332 e. The number of nitrogens with one attached hydrogen (secondary N) is 1. The summed E-state index contributed by atoms with van der Waals surface area (Å²) in [6, 6.07) is 15.8. The molecule has 0 radical (unpaired) electrons. The van der Waals surface area contributed by atoms with E-state index in [0.29, 0.717) is 5.95 Å². The molecular weight excluding hydrogens is 282 g/mol. The minimum atomic E-state index is -0.103. The van der Waals surface area contributed by atoms with Crippen LogP contribution < -0.4 is 10.2 Å². The second kappa shape index (κ2) is 5.54. The molecule has 0 unspecified atom stereocenters. The van der Waals surface area contributed by atoms with Crippen molar-refractivity contribution in [3.8, 4) is 5.69 Å². The van der Waals surface area contributed by atoms with Crippen molar-refractivity contribution >= 4 is 23.2 Å². The Balaban J connectivity index is 1.99. The molecule has 0 spiro atoms. The first kappa shape index (κ1) is 13.6. The molecule has 3 aromatic rings. The van der Waals surface area contributed by atoms with Gasteiger partial charge in [0.1, 0.15) is 0 Å². The highest BCUT2D eigenvalue weighted by Crippen LogP contribution is 2.18. The highest BCUT2D eigenvalue weighted by Gasteiger charge is 2.10. The summed E-state index contributed by atoms with van der Waals surface area (Å²) in [7, 11) is 0. The van der Waals surface area contributed by atoms with Gasteiger partial charge in [0.05, 0.1) is 5.69 Å². The Morgan fingerprint density at radius 2 is 1.52 bits per heavy atom. The van der Waals surface area contributed by atoms with E-state index in [4.69, 9.17) is 0 Å². The number of hydrogen-bond donors (Lipinski definition) is 1. The first-order chi connectivity index (χ1) is 10.1. The third kappa shape index (κ3) is 2.87. The molecular formula is C16H15N3OS. The largest absolute Gasteiger partial charge is 0.332 e. The summed E-state index contributed by atoms with van der Waals surface area (Å²) in [6.07, 6.45) is 0. The molecule has 0 aliphatic heterocycles. The lowest BCUT2D eigenvalue weighted by Crippen LogP contribution is -2.13. The van der Waals surface area contributed by atoms with Gasteiger partial charge in [-0.05, 0) is 38.1 Å². The van der Waals surface area contributed by atoms with Gasteiger partial charge in [0.2, 0.25) is 5.95 Å². The van der Waals surface area contributed by atoms with Crippen LogP contribution in [0.2, 0.25) is 0 Å². The first-order valence-corrected chi connectivity index (χ1v) is 7.40. The van der Waals surface area contributed by atoms with Crippen molar-refractivity contribution in [2.45, 2.75) is 13.8 Å². The van der Waals surface area contributed by atoms with E-state index in [1.165, 1.54) is 5.56 Å². The summed E-state index contributed by atoms with van der Waals surface area (Å²) in [6.45, 7) is 4.05. The molecule has 3 rings (SSSR count). The molecule has 106 valence electrons. The standard InChI is InChI=1S/C16H15N3OS/c1-11-3-7-13(8-4-11)17-15-18-21-16(20)19(15)14-9-5-12(2)6-10-14/h3-10H,1-2H3,(H,17,18). The predicted molar refractivity (Wildman–Crippen MR) is 86.9 cm³/mol. The van der Waals surface area contributed by atoms with E-state index in [9.17, 15) is 4.79 Å². The molecule has 0 saturated heterocycles. The molecule has 0 fully saturated rings. The number of hydrogen-bond acceptors (Lipinski definition) is 4. The van der Waals surface area contributed by atoms with Gasteiger partial charge >= 0.3 is 4.87 Å². The molecule has 1 N–H and O–H groups in total. The first-order valence-electron chi connectivity index (χ1n) is 6.63. The fraction of sp³-hybridized carbons (Fsp3) is 0.125. The topological polar surface area (TPSA) is 46.9 Å². The SMILES string of the molecule is Cc1ccc(Nc2nsc(=O)n2-c2ccc(C)cc2)cc1. The van der Waals surface area contributed by atoms with Crippen LogP contribution >= 0.6 is 11.5 Å². The Morgan fingerprint density at radius 1 is 0.952 bits per heavy atom. The van der Waals surface area contributed by atoms with Gasteiger partial charge < -0.3 is 5.32 Å². The van der Waals surface area contributed by atoms with Crippen molar-refractivity contribution < 1.29 is 0 Å². The summed E-state index contributed by atoms with van der Waals surface area (Å²) in [5.41, 5.74) is 4.07. The van der Waals surface area contributed by atoms with Gasteiger partial charge in [0.15, 0.2) is 0 Å². The zero-order valence-corrected chi connectivity index (χ0v) is 12.6. The third-order valence-corrected chi connectivity index (χ3v) is 3.81. The van der Waals surface area contributed by atoms with Crippen molar-refractivity contribution in [1.82, 2.24) is 8.94 Å². The molecule has 21 heavy (non-hydrogen) atoms. The Kier molecular flexibility index (Phi) is 3.58. The maximum absolute atomic E-state index is 12.0. The van der Waals surface area contributed by atoms with Gasteiger partial charge in [-0.3, -0.25) is 4.79 Å². The average Bonchev–Trinajstić information content (AvgIpc) is 2.83. The molecule has 0 aliphatic carbocycles. The van der Waals surface area contributed by atoms with E-state index < -0.39 is 0 Å². The lowest BCUT2D eigenvalue weighted by molar-refractivity contribution is 1.02. The molecule has 0 aliphatic rings. The van der Waals surface area contributed by atoms with Crippen LogP contribution in [0.15, 0.2) is 53.3 Å². The number of rotatable bonds is 3. The molecule has 0 saturated carbocycles. The predicted octanol–water partition coefficient (Wildman–Crippen LogP) is 3.65. The number of nitrogens with zero attached hydrogens (tertiary/aromatic N) is 2. The van der Waals surface area contributed by atoms with E-state index in [1.54, 1.807) is 4.57 Å².